The van der Waals surface area contributed by atoms with Crippen LogP contribution >= 0.6 is 0 Å². The van der Waals surface area contributed by atoms with Gasteiger partial charge in [-0.1, -0.05) is 0 Å². The van der Waals surface area contributed by atoms with Gasteiger partial charge in [-0.2, -0.15) is 13.2 Å². The molecule has 2 N–H and O–H groups in total. The van der Waals surface area contributed by atoms with E-state index >= 15 is 0 Å². The molecule has 1 saturated heterocycles. The predicted molar refractivity (Wildman–Crippen MR) is 163 cm³/mol. The number of carbonyl (C=O) groups excluding carboxylic acids is 1. The summed E-state index contributed by atoms with van der Waals surface area (Å²) in [6.07, 6.45) is 0.422. The second kappa shape index (κ2) is 13.9. The number of carboxylic acid groups (broad SMARTS) is 1. The van der Waals surface area contributed by atoms with Crippen LogP contribution in [-0.4, -0.2) is 64.9 Å². The summed E-state index contributed by atoms with van der Waals surface area (Å²) in [4.78, 5) is 39.1. The number of hydrogen-bond acceptors (Lipinski definition) is 8. The van der Waals surface area contributed by atoms with Gasteiger partial charge in [-0.25, -0.2) is 15.0 Å². The van der Waals surface area contributed by atoms with E-state index in [0.29, 0.717) is 61.5 Å². The topological polar surface area (TPSA) is 127 Å². The lowest BCUT2D eigenvalue weighted by Gasteiger charge is -2.34. The average Bonchev–Trinajstić information content (AvgIpc) is 3.86. The molecule has 246 valence electrons. The highest BCUT2D eigenvalue weighted by atomic mass is 19.4. The molecule has 0 bridgehead atoms. The third kappa shape index (κ3) is 8.24. The monoisotopic (exact) mass is 641 g/mol. The van der Waals surface area contributed by atoms with Gasteiger partial charge in [0.1, 0.15) is 11.6 Å². The average molecular weight is 642 g/mol. The summed E-state index contributed by atoms with van der Waals surface area (Å²) < 4.78 is 53.9. The molecule has 3 heterocycles. The predicted octanol–water partition coefficient (Wildman–Crippen LogP) is 5.79. The first-order valence-corrected chi connectivity index (χ1v) is 15.3. The Bertz CT molecular complexity index is 1540. The van der Waals surface area contributed by atoms with Gasteiger partial charge in [-0.3, -0.25) is 9.59 Å². The number of hydrogen-bond donors (Lipinski definition) is 2. The molecule has 1 aliphatic carbocycles. The Kier molecular flexibility index (Phi) is 9.97. The van der Waals surface area contributed by atoms with Crippen LogP contribution in [-0.2, 0) is 4.79 Å². The van der Waals surface area contributed by atoms with E-state index in [1.54, 1.807) is 25.3 Å². The maximum Gasteiger partial charge on any atom is 0.414 e. The van der Waals surface area contributed by atoms with Crippen LogP contribution in [0.15, 0.2) is 42.6 Å². The molecular formula is C33H38F3N5O5. The van der Waals surface area contributed by atoms with E-state index in [0.717, 1.165) is 18.4 Å². The van der Waals surface area contributed by atoms with E-state index in [9.17, 15) is 27.9 Å². The number of anilines is 1. The lowest BCUT2D eigenvalue weighted by Crippen LogP contribution is -2.40. The minimum atomic E-state index is -4.78. The summed E-state index contributed by atoms with van der Waals surface area (Å²) in [6.45, 7) is 4.58. The molecule has 0 spiro atoms. The van der Waals surface area contributed by atoms with Gasteiger partial charge in [-0.15, -0.1) is 0 Å². The van der Waals surface area contributed by atoms with E-state index in [4.69, 9.17) is 9.47 Å². The number of ether oxygens (including phenoxy) is 2. The number of nitrogens with zero attached hydrogens (tertiary/aromatic N) is 4. The second-order valence-electron chi connectivity index (χ2n) is 12.0. The van der Waals surface area contributed by atoms with Gasteiger partial charge in [0.05, 0.1) is 37.1 Å². The van der Waals surface area contributed by atoms with Crippen LogP contribution in [0.4, 0.5) is 18.9 Å². The quantitative estimate of drug-likeness (QED) is 0.253. The molecule has 10 nitrogen and oxygen atoms in total. The minimum absolute atomic E-state index is 0.0547. The number of amides is 1. The molecular weight excluding hydrogens is 603 g/mol. The lowest BCUT2D eigenvalue weighted by atomic mass is 9.92. The molecule has 2 atom stereocenters. The van der Waals surface area contributed by atoms with Crippen molar-refractivity contribution in [2.24, 2.45) is 11.8 Å². The van der Waals surface area contributed by atoms with E-state index in [-0.39, 0.29) is 35.3 Å². The van der Waals surface area contributed by atoms with Gasteiger partial charge in [-0.05, 0) is 87.1 Å². The van der Waals surface area contributed by atoms with E-state index in [1.807, 2.05) is 17.0 Å². The summed E-state index contributed by atoms with van der Waals surface area (Å²) in [7, 11) is 1.49. The number of carbonyl (C=O) groups is 2. The van der Waals surface area contributed by atoms with Crippen LogP contribution in [0, 0.1) is 25.7 Å². The largest absolute Gasteiger partial charge is 0.497 e. The Morgan fingerprint density at radius 1 is 1.07 bits per heavy atom. The maximum atomic E-state index is 14.2. The van der Waals surface area contributed by atoms with Crippen LogP contribution in [0.5, 0.6) is 11.6 Å². The number of pyridine rings is 1. The molecule has 1 aliphatic heterocycles. The number of piperidine rings is 1. The SMILES string of the molecule is COc1ccc(C(=O)NC(c2cc(C)nc(C)n2)C(F)(F)F)c(N2CCC(COc3cc(C(CC(=O)O)C4CC4)ccn3)CC2)c1. The molecule has 5 rings (SSSR count). The van der Waals surface area contributed by atoms with Crippen molar-refractivity contribution in [2.75, 3.05) is 31.7 Å². The first-order chi connectivity index (χ1) is 21.9. The number of benzene rings is 1. The molecule has 2 unspecified atom stereocenters. The first-order valence-electron chi connectivity index (χ1n) is 15.3. The normalized spacial score (nSPS) is 16.9. The fraction of sp³-hybridized carbons (Fsp3) is 0.485. The van der Waals surface area contributed by atoms with Crippen molar-refractivity contribution in [3.05, 3.63) is 70.9 Å². The van der Waals surface area contributed by atoms with Crippen molar-refractivity contribution in [3.63, 3.8) is 0 Å². The number of halogens is 3. The first kappa shape index (κ1) is 33.0. The highest BCUT2D eigenvalue weighted by Gasteiger charge is 2.43. The van der Waals surface area contributed by atoms with Crippen molar-refractivity contribution in [1.82, 2.24) is 20.3 Å². The van der Waals surface area contributed by atoms with Crippen molar-refractivity contribution < 1.29 is 37.3 Å². The zero-order valence-electron chi connectivity index (χ0n) is 26.0. The third-order valence-electron chi connectivity index (χ3n) is 8.53. The van der Waals surface area contributed by atoms with Gasteiger partial charge in [0.25, 0.3) is 5.91 Å². The summed E-state index contributed by atoms with van der Waals surface area (Å²) in [5, 5.41) is 11.5. The Hall–Kier alpha value is -4.42. The summed E-state index contributed by atoms with van der Waals surface area (Å²) in [5.41, 5.74) is 1.54. The van der Waals surface area contributed by atoms with Crippen LogP contribution in [0.25, 0.3) is 0 Å². The third-order valence-corrected chi connectivity index (χ3v) is 8.53. The summed E-state index contributed by atoms with van der Waals surface area (Å²) in [5.74, 6) is -0.0872. The summed E-state index contributed by atoms with van der Waals surface area (Å²) in [6, 6.07) is 7.28. The van der Waals surface area contributed by atoms with Gasteiger partial charge in [0, 0.05) is 37.1 Å². The van der Waals surface area contributed by atoms with Gasteiger partial charge >= 0.3 is 12.1 Å². The number of rotatable bonds is 12. The van der Waals surface area contributed by atoms with Gasteiger partial charge < -0.3 is 24.8 Å². The molecule has 3 aromatic rings. The van der Waals surface area contributed by atoms with Crippen LogP contribution in [0.2, 0.25) is 0 Å². The van der Waals surface area contributed by atoms with Crippen LogP contribution in [0.3, 0.4) is 0 Å². The Labute approximate surface area is 265 Å². The number of alkyl halides is 3. The maximum absolute atomic E-state index is 14.2. The fourth-order valence-corrected chi connectivity index (χ4v) is 6.04. The van der Waals surface area contributed by atoms with Crippen molar-refractivity contribution in [3.8, 4) is 11.6 Å². The highest BCUT2D eigenvalue weighted by molar-refractivity contribution is 6.00. The van der Waals surface area contributed by atoms with E-state index in [1.165, 1.54) is 26.2 Å². The lowest BCUT2D eigenvalue weighted by molar-refractivity contribution is -0.156. The number of carboxylic acids is 1. The number of aromatic nitrogens is 3. The second-order valence-corrected chi connectivity index (χ2v) is 12.0. The molecule has 46 heavy (non-hydrogen) atoms. The number of methoxy groups -OCH3 is 1. The number of aryl methyl sites for hydroxylation is 2. The molecule has 0 radical (unpaired) electrons. The minimum Gasteiger partial charge on any atom is -0.497 e. The van der Waals surface area contributed by atoms with Crippen molar-refractivity contribution in [2.45, 2.75) is 64.1 Å². The molecule has 13 heteroatoms. The number of aliphatic carboxylic acids is 1. The molecule has 2 fully saturated rings. The number of nitrogens with one attached hydrogen (secondary N) is 1. The van der Waals surface area contributed by atoms with E-state index < -0.39 is 24.1 Å². The van der Waals surface area contributed by atoms with Gasteiger partial charge in [0.2, 0.25) is 5.88 Å². The standard InChI is InChI=1S/C33H38F3N5O5/c1-19-14-27(39-20(2)38-19)31(33(34,35)36)40-32(44)25-7-6-24(45-3)16-28(25)41-12-9-21(10-13-41)18-46-29-15-23(8-11-37-29)26(17-30(42)43)22-4-5-22/h6-8,11,14-16,21-22,26,31H,4-5,9-10,12-13,17-18H2,1-3H3,(H,40,44)(H,42,43). The molecule has 1 saturated carbocycles. The van der Waals surface area contributed by atoms with E-state index in [2.05, 4.69) is 20.3 Å². The molecule has 1 aromatic carbocycles. The molecule has 1 amide bonds. The fourth-order valence-electron chi connectivity index (χ4n) is 6.04. The Balaban J connectivity index is 1.25. The Morgan fingerprint density at radius 2 is 1.80 bits per heavy atom. The zero-order valence-corrected chi connectivity index (χ0v) is 26.0. The van der Waals surface area contributed by atoms with Crippen molar-refractivity contribution in [1.29, 1.82) is 0 Å². The smallest absolute Gasteiger partial charge is 0.414 e. The van der Waals surface area contributed by atoms with Crippen molar-refractivity contribution >= 4 is 17.6 Å². The van der Waals surface area contributed by atoms with Crippen LogP contribution in [0.1, 0.15) is 77.2 Å². The molecule has 2 aromatic heterocycles. The van der Waals surface area contributed by atoms with Crippen LogP contribution < -0.4 is 19.7 Å². The summed E-state index contributed by atoms with van der Waals surface area (Å²) >= 11 is 0. The Morgan fingerprint density at radius 3 is 2.43 bits per heavy atom. The molecule has 2 aliphatic rings. The van der Waals surface area contributed by atoms with Gasteiger partial charge in [0.15, 0.2) is 6.04 Å². The zero-order chi connectivity index (χ0) is 33.0. The highest BCUT2D eigenvalue weighted by Crippen LogP contribution is 2.45.